The molecule has 0 bridgehead atoms. The lowest BCUT2D eigenvalue weighted by Crippen LogP contribution is -2.43. The molecular formula is C27H26F4N6O3S. The second kappa shape index (κ2) is 10.7. The minimum atomic E-state index is -4.84. The number of fused-ring (bicyclic) bond motifs is 1. The van der Waals surface area contributed by atoms with E-state index < -0.39 is 38.5 Å². The Bertz CT molecular complexity index is 1800. The van der Waals surface area contributed by atoms with Gasteiger partial charge in [0.15, 0.2) is 9.84 Å². The van der Waals surface area contributed by atoms with E-state index >= 15 is 0 Å². The molecule has 1 aliphatic rings. The van der Waals surface area contributed by atoms with E-state index in [-0.39, 0.29) is 34.0 Å². The highest BCUT2D eigenvalue weighted by Gasteiger charge is 2.35. The Kier molecular flexibility index (Phi) is 7.46. The van der Waals surface area contributed by atoms with Gasteiger partial charge in [0.05, 0.1) is 16.1 Å². The summed E-state index contributed by atoms with van der Waals surface area (Å²) in [4.78, 5) is 23.7. The van der Waals surface area contributed by atoms with Gasteiger partial charge in [0.25, 0.3) is 5.56 Å². The Hall–Kier alpha value is -4.04. The smallest absolute Gasteiger partial charge is 0.367 e. The average Bonchev–Trinajstić information content (AvgIpc) is 2.92. The summed E-state index contributed by atoms with van der Waals surface area (Å²) in [6, 6.07) is 8.23. The highest BCUT2D eigenvalue weighted by molar-refractivity contribution is 7.90. The number of hydrogen-bond acceptors (Lipinski definition) is 8. The lowest BCUT2D eigenvalue weighted by atomic mass is 9.99. The van der Waals surface area contributed by atoms with E-state index in [1.54, 1.807) is 19.1 Å². The molecule has 4 aromatic rings. The van der Waals surface area contributed by atoms with E-state index in [0.717, 1.165) is 31.5 Å². The van der Waals surface area contributed by atoms with E-state index in [4.69, 9.17) is 0 Å². The lowest BCUT2D eigenvalue weighted by molar-refractivity contribution is -0.137. The molecule has 9 nitrogen and oxygen atoms in total. The van der Waals surface area contributed by atoms with E-state index in [2.05, 4.69) is 20.6 Å². The van der Waals surface area contributed by atoms with Crippen molar-refractivity contribution in [2.24, 2.45) is 0 Å². The summed E-state index contributed by atoms with van der Waals surface area (Å²) in [5.41, 5.74) is -1.84. The maximum atomic E-state index is 14.9. The highest BCUT2D eigenvalue weighted by atomic mass is 32.2. The van der Waals surface area contributed by atoms with Gasteiger partial charge in [-0.1, -0.05) is 0 Å². The highest BCUT2D eigenvalue weighted by Crippen LogP contribution is 2.38. The van der Waals surface area contributed by atoms with Crippen LogP contribution in [0.15, 0.2) is 58.4 Å². The van der Waals surface area contributed by atoms with Crippen LogP contribution in [0.25, 0.3) is 22.2 Å². The van der Waals surface area contributed by atoms with Gasteiger partial charge in [-0.2, -0.15) is 18.2 Å². The summed E-state index contributed by atoms with van der Waals surface area (Å²) in [6.45, 7) is 4.55. The zero-order valence-corrected chi connectivity index (χ0v) is 22.9. The average molecular weight is 591 g/mol. The molecule has 3 heterocycles. The molecule has 216 valence electrons. The molecule has 41 heavy (non-hydrogen) atoms. The first-order valence-electron chi connectivity index (χ1n) is 12.7. The van der Waals surface area contributed by atoms with Gasteiger partial charge in [0.2, 0.25) is 5.95 Å². The maximum Gasteiger partial charge on any atom is 0.417 e. The number of benzene rings is 2. The number of nitrogens with one attached hydrogen (secondary N) is 2. The molecule has 0 radical (unpaired) electrons. The molecule has 14 heteroatoms. The van der Waals surface area contributed by atoms with Crippen LogP contribution in [0.3, 0.4) is 0 Å². The van der Waals surface area contributed by atoms with Crippen molar-refractivity contribution < 1.29 is 26.0 Å². The van der Waals surface area contributed by atoms with Gasteiger partial charge < -0.3 is 15.5 Å². The maximum absolute atomic E-state index is 14.9. The predicted octanol–water partition coefficient (Wildman–Crippen LogP) is 4.19. The first-order chi connectivity index (χ1) is 19.4. The molecule has 0 saturated carbocycles. The largest absolute Gasteiger partial charge is 0.417 e. The van der Waals surface area contributed by atoms with Gasteiger partial charge in [0.1, 0.15) is 11.5 Å². The number of anilines is 3. The Balaban J connectivity index is 1.56. The van der Waals surface area contributed by atoms with Gasteiger partial charge in [-0.15, -0.1) is 0 Å². The van der Waals surface area contributed by atoms with Gasteiger partial charge in [0, 0.05) is 67.4 Å². The molecule has 1 fully saturated rings. The predicted molar refractivity (Wildman–Crippen MR) is 148 cm³/mol. The first-order valence-corrected chi connectivity index (χ1v) is 14.6. The molecule has 0 unspecified atom stereocenters. The molecule has 2 aromatic heterocycles. The summed E-state index contributed by atoms with van der Waals surface area (Å²) in [7, 11) is -3.86. The van der Waals surface area contributed by atoms with Crippen LogP contribution < -0.4 is 21.1 Å². The Morgan fingerprint density at radius 1 is 1.05 bits per heavy atom. The fourth-order valence-corrected chi connectivity index (χ4v) is 5.45. The summed E-state index contributed by atoms with van der Waals surface area (Å²) >= 11 is 0. The Morgan fingerprint density at radius 2 is 1.78 bits per heavy atom. The molecular weight excluding hydrogens is 564 g/mol. The fraction of sp³-hybridized carbons (Fsp3) is 0.296. The van der Waals surface area contributed by atoms with Gasteiger partial charge in [-0.05, 0) is 49.4 Å². The summed E-state index contributed by atoms with van der Waals surface area (Å²) in [5.74, 6) is -0.374. The molecule has 2 aromatic carbocycles. The van der Waals surface area contributed by atoms with Crippen molar-refractivity contribution in [3.63, 3.8) is 0 Å². The van der Waals surface area contributed by atoms with Crippen molar-refractivity contribution in [1.82, 2.24) is 19.9 Å². The van der Waals surface area contributed by atoms with Crippen LogP contribution >= 0.6 is 0 Å². The summed E-state index contributed by atoms with van der Waals surface area (Å²) in [5, 5.41) is 6.38. The van der Waals surface area contributed by atoms with Crippen molar-refractivity contribution >= 4 is 38.2 Å². The number of aryl methyl sites for hydroxylation is 1. The second-order valence-corrected chi connectivity index (χ2v) is 11.6. The van der Waals surface area contributed by atoms with Crippen LogP contribution in [0.1, 0.15) is 12.5 Å². The van der Waals surface area contributed by atoms with Crippen LogP contribution in [0.4, 0.5) is 34.9 Å². The normalized spacial score (nSPS) is 14.4. The lowest BCUT2D eigenvalue weighted by Gasteiger charge is -2.29. The number of pyridine rings is 1. The van der Waals surface area contributed by atoms with Crippen LogP contribution in [0, 0.1) is 5.82 Å². The molecule has 2 N–H and O–H groups in total. The molecule has 1 aliphatic heterocycles. The number of nitrogens with zero attached hydrogens (tertiary/aromatic N) is 4. The fourth-order valence-electron chi connectivity index (χ4n) is 4.81. The number of alkyl halides is 3. The number of piperazine rings is 1. The number of aromatic nitrogens is 3. The second-order valence-electron chi connectivity index (χ2n) is 9.59. The summed E-state index contributed by atoms with van der Waals surface area (Å²) < 4.78 is 81.9. The molecule has 1 saturated heterocycles. The van der Waals surface area contributed by atoms with Gasteiger partial charge in [-0.3, -0.25) is 9.36 Å². The Morgan fingerprint density at radius 3 is 2.41 bits per heavy atom. The molecule has 5 rings (SSSR count). The molecule has 0 atom stereocenters. The van der Waals surface area contributed by atoms with Crippen LogP contribution in [-0.2, 0) is 22.6 Å². The van der Waals surface area contributed by atoms with Gasteiger partial charge in [-0.25, -0.2) is 17.8 Å². The van der Waals surface area contributed by atoms with Crippen LogP contribution in [0.2, 0.25) is 0 Å². The van der Waals surface area contributed by atoms with Crippen molar-refractivity contribution in [2.75, 3.05) is 42.7 Å². The number of sulfone groups is 1. The third-order valence-corrected chi connectivity index (χ3v) is 7.93. The zero-order chi connectivity index (χ0) is 29.5. The molecule has 0 amide bonds. The van der Waals surface area contributed by atoms with E-state index in [9.17, 15) is 30.8 Å². The number of hydrogen-bond donors (Lipinski definition) is 2. The van der Waals surface area contributed by atoms with Crippen molar-refractivity contribution in [3.05, 3.63) is 70.4 Å². The SMILES string of the molecule is CCn1c(=O)c(-c2cc(S(C)(=O)=O)ccc2C(F)(F)F)cc2cnc(Nc3ccc(N4CCNCC4)c(F)c3)nc21. The third-order valence-electron chi connectivity index (χ3n) is 6.82. The number of rotatable bonds is 6. The monoisotopic (exact) mass is 590 g/mol. The van der Waals surface area contributed by atoms with Crippen molar-refractivity contribution in [1.29, 1.82) is 0 Å². The summed E-state index contributed by atoms with van der Waals surface area (Å²) in [6.07, 6.45) is -2.64. The van der Waals surface area contributed by atoms with Gasteiger partial charge >= 0.3 is 6.18 Å². The molecule has 0 spiro atoms. The number of halogens is 4. The van der Waals surface area contributed by atoms with Crippen molar-refractivity contribution in [2.45, 2.75) is 24.5 Å². The van der Waals surface area contributed by atoms with Crippen LogP contribution in [0.5, 0.6) is 0 Å². The topological polar surface area (TPSA) is 109 Å². The van der Waals surface area contributed by atoms with E-state index in [1.165, 1.54) is 22.9 Å². The quantitative estimate of drug-likeness (QED) is 0.322. The van der Waals surface area contributed by atoms with Crippen molar-refractivity contribution in [3.8, 4) is 11.1 Å². The van der Waals surface area contributed by atoms with E-state index in [0.29, 0.717) is 30.5 Å². The van der Waals surface area contributed by atoms with E-state index in [1.807, 2.05) is 4.90 Å². The Labute approximate surface area is 232 Å². The molecule has 0 aliphatic carbocycles. The standard InChI is InChI=1S/C27H26F4N6O3S/c1-3-37-24-16(12-20(25(37)38)19-14-18(41(2,39)40)5-6-21(19)27(29,30)31)15-33-26(35-24)34-17-4-7-23(22(28)13-17)36-10-8-32-9-11-36/h4-7,12-15,32H,3,8-11H2,1-2H3,(H,33,34,35). The third kappa shape index (κ3) is 5.75. The first kappa shape index (κ1) is 28.5. The minimum absolute atomic E-state index is 0.0521. The van der Waals surface area contributed by atoms with Crippen LogP contribution in [-0.4, -0.2) is 55.4 Å². The minimum Gasteiger partial charge on any atom is -0.367 e. The zero-order valence-electron chi connectivity index (χ0n) is 22.1.